The smallest absolute Gasteiger partial charge is 0.0361 e. The van der Waals surface area contributed by atoms with Gasteiger partial charge in [-0.2, -0.15) is 0 Å². The summed E-state index contributed by atoms with van der Waals surface area (Å²) in [5.74, 6) is 0. The van der Waals surface area contributed by atoms with Crippen molar-refractivity contribution in [3.8, 4) is 0 Å². The van der Waals surface area contributed by atoms with Crippen LogP contribution in [0.3, 0.4) is 0 Å². The number of rotatable bonds is 2. The summed E-state index contributed by atoms with van der Waals surface area (Å²) in [5.41, 5.74) is 8.12. The second-order valence-electron chi connectivity index (χ2n) is 2.89. The minimum Gasteiger partial charge on any atom is -0.402 e. The highest BCUT2D eigenvalue weighted by Crippen LogP contribution is 2.19. The van der Waals surface area contributed by atoms with Gasteiger partial charge in [-0.05, 0) is 38.2 Å². The van der Waals surface area contributed by atoms with E-state index in [1.54, 1.807) is 0 Å². The molecule has 62 valence electrons. The van der Waals surface area contributed by atoms with Crippen molar-refractivity contribution in [3.63, 3.8) is 0 Å². The van der Waals surface area contributed by atoms with Crippen LogP contribution in [0, 0.1) is 0 Å². The Bertz CT molecular complexity index is 180. The molecule has 0 unspecified atom stereocenters. The van der Waals surface area contributed by atoms with E-state index in [0.717, 1.165) is 25.1 Å². The maximum Gasteiger partial charge on any atom is 0.0361 e. The van der Waals surface area contributed by atoms with Crippen LogP contribution in [0.5, 0.6) is 0 Å². The Labute approximate surface area is 68.2 Å². The minimum absolute atomic E-state index is 0.858. The number of nitrogens with zero attached hydrogens (tertiary/aromatic N) is 1. The highest BCUT2D eigenvalue weighted by molar-refractivity contribution is 5.79. The van der Waals surface area contributed by atoms with Gasteiger partial charge < -0.3 is 5.73 Å². The first kappa shape index (κ1) is 8.31. The predicted octanol–water partition coefficient (Wildman–Crippen LogP) is 1.86. The van der Waals surface area contributed by atoms with E-state index in [4.69, 9.17) is 5.73 Å². The Balaban J connectivity index is 2.59. The van der Waals surface area contributed by atoms with Crippen molar-refractivity contribution < 1.29 is 0 Å². The molecule has 0 saturated heterocycles. The van der Waals surface area contributed by atoms with Gasteiger partial charge in [0.2, 0.25) is 0 Å². The maximum atomic E-state index is 5.81. The van der Waals surface area contributed by atoms with Gasteiger partial charge in [-0.25, -0.2) is 0 Å². The molecule has 1 rings (SSSR count). The molecule has 1 aliphatic rings. The summed E-state index contributed by atoms with van der Waals surface area (Å²) >= 11 is 0. The number of aliphatic imine (C=N–C) groups is 1. The molecule has 0 spiro atoms. The molecule has 0 heterocycles. The maximum absolute atomic E-state index is 5.81. The zero-order valence-electron chi connectivity index (χ0n) is 7.14. The van der Waals surface area contributed by atoms with E-state index in [1.807, 2.05) is 13.1 Å². The topological polar surface area (TPSA) is 38.4 Å². The average molecular weight is 152 g/mol. The van der Waals surface area contributed by atoms with Crippen LogP contribution in [0.1, 0.15) is 32.6 Å². The SMILES string of the molecule is CCN=CC1=C(N)CCCC1. The van der Waals surface area contributed by atoms with Gasteiger partial charge >= 0.3 is 0 Å². The molecule has 0 aromatic carbocycles. The molecule has 2 N–H and O–H groups in total. The largest absolute Gasteiger partial charge is 0.402 e. The lowest BCUT2D eigenvalue weighted by atomic mass is 9.97. The quantitative estimate of drug-likeness (QED) is 0.603. The zero-order valence-corrected chi connectivity index (χ0v) is 7.14. The van der Waals surface area contributed by atoms with E-state index in [-0.39, 0.29) is 0 Å². The molecule has 0 saturated carbocycles. The highest BCUT2D eigenvalue weighted by atomic mass is 14.7. The fraction of sp³-hybridized carbons (Fsp3) is 0.667. The number of hydrogen-bond donors (Lipinski definition) is 1. The van der Waals surface area contributed by atoms with E-state index >= 15 is 0 Å². The van der Waals surface area contributed by atoms with E-state index < -0.39 is 0 Å². The van der Waals surface area contributed by atoms with E-state index in [1.165, 1.54) is 18.4 Å². The molecular formula is C9H16N2. The normalized spacial score (nSPS) is 19.7. The predicted molar refractivity (Wildman–Crippen MR) is 48.7 cm³/mol. The van der Waals surface area contributed by atoms with Crippen molar-refractivity contribution in [3.05, 3.63) is 11.3 Å². The van der Waals surface area contributed by atoms with E-state index in [2.05, 4.69) is 4.99 Å². The van der Waals surface area contributed by atoms with Crippen molar-refractivity contribution >= 4 is 6.21 Å². The van der Waals surface area contributed by atoms with Crippen LogP contribution in [0.25, 0.3) is 0 Å². The summed E-state index contributed by atoms with van der Waals surface area (Å²) in [6, 6.07) is 0. The Kier molecular flexibility index (Phi) is 3.14. The molecule has 0 aromatic rings. The Hall–Kier alpha value is -0.790. The summed E-state index contributed by atoms with van der Waals surface area (Å²) in [6.45, 7) is 2.90. The van der Waals surface area contributed by atoms with Crippen LogP contribution in [0.4, 0.5) is 0 Å². The standard InChI is InChI=1S/C9H16N2/c1-2-11-7-8-5-3-4-6-9(8)10/h7H,2-6,10H2,1H3. The van der Waals surface area contributed by atoms with Crippen molar-refractivity contribution in [1.29, 1.82) is 0 Å². The molecule has 0 radical (unpaired) electrons. The molecule has 0 bridgehead atoms. The van der Waals surface area contributed by atoms with Gasteiger partial charge in [-0.3, -0.25) is 4.99 Å². The average Bonchev–Trinajstić information content (AvgIpc) is 2.03. The lowest BCUT2D eigenvalue weighted by molar-refractivity contribution is 0.684. The van der Waals surface area contributed by atoms with Gasteiger partial charge in [0.05, 0.1) is 0 Å². The molecule has 0 atom stereocenters. The van der Waals surface area contributed by atoms with Crippen LogP contribution >= 0.6 is 0 Å². The monoisotopic (exact) mass is 152 g/mol. The van der Waals surface area contributed by atoms with Gasteiger partial charge in [-0.15, -0.1) is 0 Å². The van der Waals surface area contributed by atoms with E-state index in [9.17, 15) is 0 Å². The first-order valence-corrected chi connectivity index (χ1v) is 4.32. The van der Waals surface area contributed by atoms with Crippen molar-refractivity contribution in [2.75, 3.05) is 6.54 Å². The first-order valence-electron chi connectivity index (χ1n) is 4.32. The fourth-order valence-corrected chi connectivity index (χ4v) is 1.30. The Morgan fingerprint density at radius 3 is 2.82 bits per heavy atom. The second kappa shape index (κ2) is 4.16. The van der Waals surface area contributed by atoms with Gasteiger partial charge in [0.15, 0.2) is 0 Å². The van der Waals surface area contributed by atoms with Crippen LogP contribution < -0.4 is 5.73 Å². The molecule has 0 fully saturated rings. The molecule has 1 aliphatic carbocycles. The molecule has 0 amide bonds. The summed E-state index contributed by atoms with van der Waals surface area (Å²) in [5, 5.41) is 0. The molecule has 0 aromatic heterocycles. The van der Waals surface area contributed by atoms with Crippen LogP contribution in [-0.2, 0) is 0 Å². The Morgan fingerprint density at radius 1 is 1.45 bits per heavy atom. The molecule has 2 nitrogen and oxygen atoms in total. The molecule has 0 aliphatic heterocycles. The number of nitrogens with two attached hydrogens (primary N) is 1. The van der Waals surface area contributed by atoms with Gasteiger partial charge in [0.25, 0.3) is 0 Å². The summed E-state index contributed by atoms with van der Waals surface area (Å²) in [4.78, 5) is 4.18. The van der Waals surface area contributed by atoms with Crippen molar-refractivity contribution in [2.24, 2.45) is 10.7 Å². The van der Waals surface area contributed by atoms with E-state index in [0.29, 0.717) is 0 Å². The zero-order chi connectivity index (χ0) is 8.10. The first-order chi connectivity index (χ1) is 5.34. The summed E-state index contributed by atoms with van der Waals surface area (Å²) < 4.78 is 0. The third-order valence-electron chi connectivity index (χ3n) is 1.98. The lowest BCUT2D eigenvalue weighted by Gasteiger charge is -2.13. The van der Waals surface area contributed by atoms with Gasteiger partial charge in [0, 0.05) is 18.5 Å². The number of hydrogen-bond acceptors (Lipinski definition) is 2. The van der Waals surface area contributed by atoms with Gasteiger partial charge in [0.1, 0.15) is 0 Å². The van der Waals surface area contributed by atoms with Crippen LogP contribution in [0.2, 0.25) is 0 Å². The number of allylic oxidation sites excluding steroid dienone is 2. The third-order valence-corrected chi connectivity index (χ3v) is 1.98. The van der Waals surface area contributed by atoms with Crippen molar-refractivity contribution in [2.45, 2.75) is 32.6 Å². The minimum atomic E-state index is 0.858. The van der Waals surface area contributed by atoms with Gasteiger partial charge in [-0.1, -0.05) is 0 Å². The Morgan fingerprint density at radius 2 is 2.18 bits per heavy atom. The third kappa shape index (κ3) is 2.37. The lowest BCUT2D eigenvalue weighted by Crippen LogP contribution is -2.08. The fourth-order valence-electron chi connectivity index (χ4n) is 1.30. The highest BCUT2D eigenvalue weighted by Gasteiger charge is 2.06. The molecule has 11 heavy (non-hydrogen) atoms. The summed E-state index contributed by atoms with van der Waals surface area (Å²) in [7, 11) is 0. The van der Waals surface area contributed by atoms with Crippen molar-refractivity contribution in [1.82, 2.24) is 0 Å². The van der Waals surface area contributed by atoms with Crippen LogP contribution in [0.15, 0.2) is 16.3 Å². The summed E-state index contributed by atoms with van der Waals surface area (Å²) in [6.07, 6.45) is 6.63. The van der Waals surface area contributed by atoms with Crippen LogP contribution in [-0.4, -0.2) is 12.8 Å². The molecule has 2 heteroatoms. The second-order valence-corrected chi connectivity index (χ2v) is 2.89. The molecular weight excluding hydrogens is 136 g/mol.